The number of hydrogen-bond donors (Lipinski definition) is 4. The minimum atomic E-state index is -0.498. The van der Waals surface area contributed by atoms with Gasteiger partial charge in [-0.2, -0.15) is 0 Å². The lowest BCUT2D eigenvalue weighted by Gasteiger charge is -2.51. The molecule has 0 aromatic heterocycles. The zero-order chi connectivity index (χ0) is 17.3. The van der Waals surface area contributed by atoms with E-state index in [0.29, 0.717) is 12.5 Å². The Hall–Kier alpha value is -0.650. The number of carbonyl (C=O) groups is 1. The van der Waals surface area contributed by atoms with Gasteiger partial charge in [-0.25, -0.2) is 0 Å². The van der Waals surface area contributed by atoms with Gasteiger partial charge >= 0.3 is 0 Å². The fourth-order valence-electron chi connectivity index (χ4n) is 4.53. The Bertz CT molecular complexity index is 413. The highest BCUT2D eigenvalue weighted by Crippen LogP contribution is 2.42. The molecule has 23 heavy (non-hydrogen) atoms. The lowest BCUT2D eigenvalue weighted by molar-refractivity contribution is -0.135. The van der Waals surface area contributed by atoms with Crippen molar-refractivity contribution in [2.45, 2.75) is 77.4 Å². The maximum Gasteiger partial charge on any atom is 0.227 e. The molecule has 0 aromatic rings. The number of nitrogens with one attached hydrogen (secondary N) is 3. The van der Waals surface area contributed by atoms with Gasteiger partial charge in [-0.05, 0) is 79.3 Å². The second kappa shape index (κ2) is 6.69. The summed E-state index contributed by atoms with van der Waals surface area (Å²) in [6.45, 7) is 13.3. The summed E-state index contributed by atoms with van der Waals surface area (Å²) in [7, 11) is 0. The van der Waals surface area contributed by atoms with E-state index in [1.165, 1.54) is 0 Å². The number of amides is 1. The van der Waals surface area contributed by atoms with Crippen molar-refractivity contribution in [3.8, 4) is 0 Å². The van der Waals surface area contributed by atoms with Crippen molar-refractivity contribution in [2.75, 3.05) is 19.6 Å². The fraction of sp³-hybridized carbons (Fsp3) is 0.944. The molecule has 5 N–H and O–H groups in total. The Morgan fingerprint density at radius 2 is 1.70 bits per heavy atom. The molecule has 2 saturated heterocycles. The summed E-state index contributed by atoms with van der Waals surface area (Å²) in [4.78, 5) is 13.1. The molecule has 2 rings (SSSR count). The van der Waals surface area contributed by atoms with Gasteiger partial charge in [0.1, 0.15) is 0 Å². The summed E-state index contributed by atoms with van der Waals surface area (Å²) in [5.41, 5.74) is 5.68. The number of nitrogens with two attached hydrogens (primary N) is 1. The summed E-state index contributed by atoms with van der Waals surface area (Å²) in [5, 5.41) is 10.3. The van der Waals surface area contributed by atoms with Crippen molar-refractivity contribution in [1.29, 1.82) is 0 Å². The summed E-state index contributed by atoms with van der Waals surface area (Å²) in [5.74, 6) is 0.436. The Morgan fingerprint density at radius 1 is 1.17 bits per heavy atom. The molecule has 1 amide bonds. The molecule has 5 nitrogen and oxygen atoms in total. The molecule has 2 aliphatic rings. The van der Waals surface area contributed by atoms with Gasteiger partial charge in [0, 0.05) is 23.7 Å². The van der Waals surface area contributed by atoms with Crippen LogP contribution in [0.1, 0.15) is 60.3 Å². The van der Waals surface area contributed by atoms with Crippen LogP contribution < -0.4 is 21.7 Å². The zero-order valence-corrected chi connectivity index (χ0v) is 15.6. The highest BCUT2D eigenvalue weighted by Gasteiger charge is 2.48. The molecule has 134 valence electrons. The Kier molecular flexibility index (Phi) is 5.44. The Morgan fingerprint density at radius 3 is 2.17 bits per heavy atom. The van der Waals surface area contributed by atoms with Gasteiger partial charge in [-0.3, -0.25) is 4.79 Å². The van der Waals surface area contributed by atoms with E-state index < -0.39 is 5.41 Å². The van der Waals surface area contributed by atoms with Gasteiger partial charge in [0.15, 0.2) is 0 Å². The van der Waals surface area contributed by atoms with Crippen LogP contribution in [0.2, 0.25) is 0 Å². The van der Waals surface area contributed by atoms with Crippen molar-refractivity contribution in [1.82, 2.24) is 16.0 Å². The van der Waals surface area contributed by atoms with Crippen molar-refractivity contribution in [3.05, 3.63) is 0 Å². The van der Waals surface area contributed by atoms with Gasteiger partial charge in [0.05, 0.1) is 5.41 Å². The molecule has 0 saturated carbocycles. The molecule has 2 aliphatic heterocycles. The van der Waals surface area contributed by atoms with Crippen LogP contribution in [-0.4, -0.2) is 42.7 Å². The number of rotatable bonds is 4. The fourth-order valence-corrected chi connectivity index (χ4v) is 4.53. The van der Waals surface area contributed by atoms with Crippen LogP contribution in [0, 0.1) is 11.3 Å². The third-order valence-corrected chi connectivity index (χ3v) is 5.71. The molecular weight excluding hydrogens is 288 g/mol. The molecule has 0 radical (unpaired) electrons. The Labute approximate surface area is 141 Å². The van der Waals surface area contributed by atoms with E-state index >= 15 is 0 Å². The summed E-state index contributed by atoms with van der Waals surface area (Å²) in [6.07, 6.45) is 3.97. The predicted octanol–water partition coefficient (Wildman–Crippen LogP) is 1.38. The highest BCUT2D eigenvalue weighted by atomic mass is 16.2. The van der Waals surface area contributed by atoms with Crippen molar-refractivity contribution in [2.24, 2.45) is 17.1 Å². The molecule has 0 aliphatic carbocycles. The number of carbonyl (C=O) groups excluding carboxylic acids is 1. The summed E-state index contributed by atoms with van der Waals surface area (Å²) < 4.78 is 0. The first-order chi connectivity index (χ1) is 10.6. The van der Waals surface area contributed by atoms with Crippen LogP contribution in [0.25, 0.3) is 0 Å². The number of hydrogen-bond acceptors (Lipinski definition) is 4. The van der Waals surface area contributed by atoms with E-state index in [1.54, 1.807) is 0 Å². The average molecular weight is 325 g/mol. The van der Waals surface area contributed by atoms with E-state index in [4.69, 9.17) is 5.73 Å². The molecule has 2 fully saturated rings. The van der Waals surface area contributed by atoms with E-state index in [9.17, 15) is 4.79 Å². The zero-order valence-electron chi connectivity index (χ0n) is 15.6. The van der Waals surface area contributed by atoms with Gasteiger partial charge < -0.3 is 21.7 Å². The van der Waals surface area contributed by atoms with Crippen LogP contribution >= 0.6 is 0 Å². The monoisotopic (exact) mass is 324 g/mol. The smallest absolute Gasteiger partial charge is 0.227 e. The van der Waals surface area contributed by atoms with Gasteiger partial charge in [-0.15, -0.1) is 0 Å². The second-order valence-corrected chi connectivity index (χ2v) is 9.12. The minimum absolute atomic E-state index is 0.0257. The lowest BCUT2D eigenvalue weighted by atomic mass is 9.63. The Balaban J connectivity index is 2.12. The van der Waals surface area contributed by atoms with Crippen molar-refractivity contribution in [3.63, 3.8) is 0 Å². The summed E-state index contributed by atoms with van der Waals surface area (Å²) >= 11 is 0. The average Bonchev–Trinajstić information content (AvgIpc) is 2.44. The molecule has 0 bridgehead atoms. The topological polar surface area (TPSA) is 79.2 Å². The molecule has 1 atom stereocenters. The van der Waals surface area contributed by atoms with E-state index in [2.05, 4.69) is 50.6 Å². The van der Waals surface area contributed by atoms with Crippen molar-refractivity contribution < 1.29 is 4.79 Å². The first-order valence-electron chi connectivity index (χ1n) is 9.09. The number of piperidine rings is 2. The van der Waals surface area contributed by atoms with Crippen LogP contribution in [0.4, 0.5) is 0 Å². The lowest BCUT2D eigenvalue weighted by Crippen LogP contribution is -2.63. The SMILES string of the molecule is CC1(C)CC(C(C)(CN)C(=O)NC2CCNCC2)CC(C)(C)N1. The maximum absolute atomic E-state index is 13.1. The van der Waals surface area contributed by atoms with E-state index in [-0.39, 0.29) is 23.0 Å². The molecule has 0 aromatic carbocycles. The highest BCUT2D eigenvalue weighted by molar-refractivity contribution is 5.83. The first kappa shape index (κ1) is 18.7. The van der Waals surface area contributed by atoms with Crippen LogP contribution in [0.5, 0.6) is 0 Å². The first-order valence-corrected chi connectivity index (χ1v) is 9.09. The third-order valence-electron chi connectivity index (χ3n) is 5.71. The standard InChI is InChI=1S/C18H36N4O/c1-16(2)10-13(11-17(3,4)22-16)18(5,12-19)15(23)21-14-6-8-20-9-7-14/h13-14,20,22H,6-12,19H2,1-5H3,(H,21,23). The quantitative estimate of drug-likeness (QED) is 0.630. The van der Waals surface area contributed by atoms with Crippen LogP contribution in [0.3, 0.4) is 0 Å². The molecule has 5 heteroatoms. The minimum Gasteiger partial charge on any atom is -0.353 e. The van der Waals surface area contributed by atoms with Gasteiger partial charge in [-0.1, -0.05) is 0 Å². The molecular formula is C18H36N4O. The van der Waals surface area contributed by atoms with E-state index in [1.807, 2.05) is 0 Å². The third kappa shape index (κ3) is 4.46. The molecule has 2 heterocycles. The van der Waals surface area contributed by atoms with Crippen LogP contribution in [-0.2, 0) is 4.79 Å². The largest absolute Gasteiger partial charge is 0.353 e. The van der Waals surface area contributed by atoms with Gasteiger partial charge in [0.25, 0.3) is 0 Å². The molecule has 0 spiro atoms. The van der Waals surface area contributed by atoms with Crippen molar-refractivity contribution >= 4 is 5.91 Å². The molecule has 1 unspecified atom stereocenters. The predicted molar refractivity (Wildman–Crippen MR) is 95.2 cm³/mol. The summed E-state index contributed by atoms with van der Waals surface area (Å²) in [6, 6.07) is 0.289. The van der Waals surface area contributed by atoms with Gasteiger partial charge in [0.2, 0.25) is 5.91 Å². The van der Waals surface area contributed by atoms with Crippen LogP contribution in [0.15, 0.2) is 0 Å². The normalized spacial score (nSPS) is 28.1. The second-order valence-electron chi connectivity index (χ2n) is 9.12. The van der Waals surface area contributed by atoms with E-state index in [0.717, 1.165) is 38.8 Å². The maximum atomic E-state index is 13.1.